The second kappa shape index (κ2) is 13.1. The molecule has 200 valence electrons. The van der Waals surface area contributed by atoms with Gasteiger partial charge in [-0.2, -0.15) is 0 Å². The number of nitrogens with one attached hydrogen (secondary N) is 3. The van der Waals surface area contributed by atoms with Gasteiger partial charge in [-0.25, -0.2) is 4.98 Å². The second-order valence-corrected chi connectivity index (χ2v) is 9.48. The van der Waals surface area contributed by atoms with Crippen LogP contribution in [0.15, 0.2) is 54.5 Å². The zero-order chi connectivity index (χ0) is 26.9. The van der Waals surface area contributed by atoms with Gasteiger partial charge in [0.15, 0.2) is 0 Å². The molecule has 0 radical (unpaired) electrons. The zero-order valence-corrected chi connectivity index (χ0v) is 21.9. The van der Waals surface area contributed by atoms with Crippen molar-refractivity contribution in [2.75, 3.05) is 20.3 Å². The molecule has 2 aromatic rings. The molecular formula is C27H38N6O4. The largest absolute Gasteiger partial charge is 0.481 e. The third kappa shape index (κ3) is 6.78. The number of hydrogen-bond acceptors (Lipinski definition) is 8. The van der Waals surface area contributed by atoms with Crippen molar-refractivity contribution in [1.29, 1.82) is 0 Å². The molecule has 2 heterocycles. The van der Waals surface area contributed by atoms with Crippen molar-refractivity contribution in [3.63, 3.8) is 0 Å². The van der Waals surface area contributed by atoms with Crippen molar-refractivity contribution in [2.24, 2.45) is 11.8 Å². The number of carbonyl (C=O) groups excluding carboxylic acids is 2. The Labute approximate surface area is 218 Å². The first-order chi connectivity index (χ1) is 17.8. The summed E-state index contributed by atoms with van der Waals surface area (Å²) in [7, 11) is 1.57. The summed E-state index contributed by atoms with van der Waals surface area (Å²) in [5.74, 6) is 5.53. The highest BCUT2D eigenvalue weighted by molar-refractivity contribution is 5.90. The molecule has 6 N–H and O–H groups in total. The highest BCUT2D eigenvalue weighted by Gasteiger charge is 2.38. The van der Waals surface area contributed by atoms with Gasteiger partial charge in [0.2, 0.25) is 17.7 Å². The smallest absolute Gasteiger partial charge is 0.245 e. The van der Waals surface area contributed by atoms with Crippen LogP contribution < -0.4 is 26.6 Å². The summed E-state index contributed by atoms with van der Waals surface area (Å²) < 4.78 is 5.34. The molecule has 1 aliphatic rings. The lowest BCUT2D eigenvalue weighted by Crippen LogP contribution is -2.53. The molecule has 0 aliphatic carbocycles. The Hall–Kier alpha value is -3.63. The number of nitrogens with zero attached hydrogens (tertiary/aromatic N) is 2. The third-order valence-corrected chi connectivity index (χ3v) is 6.57. The standard InChI is InChI=1S/C27H38N6O4/c1-17(2)24(30-15-18(3)32-28)27(36)33-14-6-8-23(33)25(35)31-22(16-34)20-11-9-19(10-12-20)21-7-5-13-29-26(21)37-4/h5,7,9-13,15,17,22-24,30,32,34H,6,8,14,16,28H2,1-4H3,(H,31,35)/b18-15-. The van der Waals surface area contributed by atoms with Crippen LogP contribution in [0.4, 0.5) is 0 Å². The van der Waals surface area contributed by atoms with E-state index in [-0.39, 0.29) is 24.3 Å². The zero-order valence-electron chi connectivity index (χ0n) is 21.9. The fraction of sp³-hybridized carbons (Fsp3) is 0.444. The Kier molecular flexibility index (Phi) is 9.87. The quantitative estimate of drug-likeness (QED) is 0.228. The molecule has 2 amide bonds. The predicted molar refractivity (Wildman–Crippen MR) is 142 cm³/mol. The van der Waals surface area contributed by atoms with E-state index in [1.165, 1.54) is 0 Å². The molecule has 0 bridgehead atoms. The number of methoxy groups -OCH3 is 1. The van der Waals surface area contributed by atoms with Gasteiger partial charge in [-0.1, -0.05) is 38.1 Å². The van der Waals surface area contributed by atoms with Crippen LogP contribution in [0, 0.1) is 5.92 Å². The SMILES string of the molecule is COc1ncccc1-c1ccc(C(CO)NC(=O)C2CCCN2C(=O)C(N/C=C(/C)NN)C(C)C)cc1. The Morgan fingerprint density at radius 1 is 1.27 bits per heavy atom. The lowest BCUT2D eigenvalue weighted by Gasteiger charge is -2.31. The van der Waals surface area contributed by atoms with Crippen LogP contribution in [0.25, 0.3) is 11.1 Å². The number of aromatic nitrogens is 1. The molecule has 3 rings (SSSR count). The predicted octanol–water partition coefficient (Wildman–Crippen LogP) is 1.84. The molecule has 1 aromatic heterocycles. The summed E-state index contributed by atoms with van der Waals surface area (Å²) in [5, 5.41) is 16.1. The minimum absolute atomic E-state index is 0.000722. The number of likely N-dealkylation sites (tertiary alicyclic amines) is 1. The molecule has 3 unspecified atom stereocenters. The minimum atomic E-state index is -0.602. The highest BCUT2D eigenvalue weighted by Crippen LogP contribution is 2.29. The molecule has 1 saturated heterocycles. The van der Waals surface area contributed by atoms with Crippen molar-refractivity contribution in [1.82, 2.24) is 25.9 Å². The summed E-state index contributed by atoms with van der Waals surface area (Å²) in [6.07, 6.45) is 4.64. The molecule has 1 aliphatic heterocycles. The summed E-state index contributed by atoms with van der Waals surface area (Å²) in [6.45, 7) is 5.92. The Morgan fingerprint density at radius 3 is 2.62 bits per heavy atom. The van der Waals surface area contributed by atoms with Gasteiger partial charge in [-0.15, -0.1) is 0 Å². The first-order valence-corrected chi connectivity index (χ1v) is 12.5. The molecule has 0 saturated carbocycles. The van der Waals surface area contributed by atoms with E-state index in [1.54, 1.807) is 31.3 Å². The number of aliphatic hydroxyl groups excluding tert-OH is 1. The summed E-state index contributed by atoms with van der Waals surface area (Å²) in [5.41, 5.74) is 5.74. The van der Waals surface area contributed by atoms with E-state index < -0.39 is 18.1 Å². The van der Waals surface area contributed by atoms with Gasteiger partial charge in [0, 0.05) is 30.2 Å². The average Bonchev–Trinajstić information content (AvgIpc) is 3.41. The van der Waals surface area contributed by atoms with Crippen molar-refractivity contribution in [3.05, 3.63) is 60.1 Å². The fourth-order valence-electron chi connectivity index (χ4n) is 4.46. The topological polar surface area (TPSA) is 142 Å². The summed E-state index contributed by atoms with van der Waals surface area (Å²) in [4.78, 5) is 32.5. The Morgan fingerprint density at radius 2 is 2.00 bits per heavy atom. The minimum Gasteiger partial charge on any atom is -0.481 e. The molecule has 10 heteroatoms. The summed E-state index contributed by atoms with van der Waals surface area (Å²) >= 11 is 0. The highest BCUT2D eigenvalue weighted by atomic mass is 16.5. The van der Waals surface area contributed by atoms with Gasteiger partial charge in [0.25, 0.3) is 0 Å². The number of rotatable bonds is 11. The van der Waals surface area contributed by atoms with Crippen molar-refractivity contribution >= 4 is 11.8 Å². The lowest BCUT2D eigenvalue weighted by molar-refractivity contribution is -0.141. The number of allylic oxidation sites excluding steroid dienone is 1. The number of ether oxygens (including phenoxy) is 1. The monoisotopic (exact) mass is 510 g/mol. The van der Waals surface area contributed by atoms with Crippen molar-refractivity contribution in [3.8, 4) is 17.0 Å². The number of nitrogens with two attached hydrogens (primary N) is 1. The van der Waals surface area contributed by atoms with E-state index in [0.29, 0.717) is 24.5 Å². The first kappa shape index (κ1) is 27.9. The Bertz CT molecular complexity index is 1090. The van der Waals surface area contributed by atoms with Crippen LogP contribution in [0.3, 0.4) is 0 Å². The molecule has 0 spiro atoms. The van der Waals surface area contributed by atoms with E-state index in [4.69, 9.17) is 10.6 Å². The molecule has 1 aromatic carbocycles. The van der Waals surface area contributed by atoms with Crippen LogP contribution in [-0.4, -0.2) is 59.1 Å². The van der Waals surface area contributed by atoms with E-state index in [1.807, 2.05) is 50.2 Å². The maximum absolute atomic E-state index is 13.4. The number of aliphatic hydroxyl groups is 1. The van der Waals surface area contributed by atoms with Gasteiger partial charge in [0.1, 0.15) is 12.1 Å². The first-order valence-electron chi connectivity index (χ1n) is 12.5. The number of carbonyl (C=O) groups is 2. The van der Waals surface area contributed by atoms with Crippen molar-refractivity contribution in [2.45, 2.75) is 51.7 Å². The number of amides is 2. The van der Waals surface area contributed by atoms with Gasteiger partial charge in [-0.3, -0.25) is 15.4 Å². The van der Waals surface area contributed by atoms with Crippen LogP contribution in [0.1, 0.15) is 45.2 Å². The maximum Gasteiger partial charge on any atom is 0.245 e. The lowest BCUT2D eigenvalue weighted by atomic mass is 10.0. The second-order valence-electron chi connectivity index (χ2n) is 9.48. The van der Waals surface area contributed by atoms with Crippen LogP contribution in [-0.2, 0) is 9.59 Å². The number of hydrazine groups is 1. The number of benzene rings is 1. The van der Waals surface area contributed by atoms with Gasteiger partial charge in [0.05, 0.1) is 19.8 Å². The maximum atomic E-state index is 13.4. The van der Waals surface area contributed by atoms with Gasteiger partial charge < -0.3 is 30.8 Å². The van der Waals surface area contributed by atoms with Crippen LogP contribution >= 0.6 is 0 Å². The molecule has 10 nitrogen and oxygen atoms in total. The van der Waals surface area contributed by atoms with Gasteiger partial charge >= 0.3 is 0 Å². The van der Waals surface area contributed by atoms with E-state index in [9.17, 15) is 14.7 Å². The Balaban J connectivity index is 1.72. The summed E-state index contributed by atoms with van der Waals surface area (Å²) in [6, 6.07) is 9.58. The third-order valence-electron chi connectivity index (χ3n) is 6.57. The molecule has 1 fully saturated rings. The number of pyridine rings is 1. The van der Waals surface area contributed by atoms with Crippen LogP contribution in [0.5, 0.6) is 5.88 Å². The average molecular weight is 511 g/mol. The number of hydrogen-bond donors (Lipinski definition) is 5. The van der Waals surface area contributed by atoms with Crippen LogP contribution in [0.2, 0.25) is 0 Å². The molecule has 3 atom stereocenters. The molecule has 37 heavy (non-hydrogen) atoms. The van der Waals surface area contributed by atoms with E-state index in [0.717, 1.165) is 23.1 Å². The molecular weight excluding hydrogens is 472 g/mol. The van der Waals surface area contributed by atoms with Crippen molar-refractivity contribution < 1.29 is 19.4 Å². The normalized spacial score (nSPS) is 17.3. The van der Waals surface area contributed by atoms with E-state index in [2.05, 4.69) is 21.0 Å². The van der Waals surface area contributed by atoms with E-state index >= 15 is 0 Å². The van der Waals surface area contributed by atoms with Gasteiger partial charge in [-0.05, 0) is 48.9 Å². The fourth-order valence-corrected chi connectivity index (χ4v) is 4.46.